The van der Waals surface area contributed by atoms with Crippen LogP contribution in [0.3, 0.4) is 0 Å². The molecule has 0 radical (unpaired) electrons. The Morgan fingerprint density at radius 1 is 1.19 bits per heavy atom. The largest absolute Gasteiger partial charge is 0.444 e. The zero-order valence-corrected chi connectivity index (χ0v) is 21.1. The molecule has 0 unspecified atom stereocenters. The number of anilines is 1. The summed E-state index contributed by atoms with van der Waals surface area (Å²) < 4.78 is 18.4. The van der Waals surface area contributed by atoms with Crippen LogP contribution in [0.4, 0.5) is 10.5 Å². The monoisotopic (exact) mass is 504 g/mol. The molecule has 0 bridgehead atoms. The predicted octanol–water partition coefficient (Wildman–Crippen LogP) is 4.25. The number of pyridine rings is 1. The molecular formula is C26H28N6O5. The first kappa shape index (κ1) is 24.4. The molecule has 2 amide bonds. The molecule has 0 spiro atoms. The molecule has 5 rings (SSSR count). The van der Waals surface area contributed by atoms with Crippen LogP contribution in [0.1, 0.15) is 48.8 Å². The van der Waals surface area contributed by atoms with Gasteiger partial charge in [0.05, 0.1) is 19.4 Å². The van der Waals surface area contributed by atoms with Crippen LogP contribution in [0.2, 0.25) is 0 Å². The number of nitrogens with zero attached hydrogens (tertiary/aromatic N) is 5. The van der Waals surface area contributed by atoms with Crippen LogP contribution >= 0.6 is 0 Å². The molecule has 4 aromatic rings. The average Bonchev–Trinajstić information content (AvgIpc) is 3.52. The zero-order chi connectivity index (χ0) is 26.2. The fourth-order valence-corrected chi connectivity index (χ4v) is 4.02. The number of benzene rings is 1. The quantitative estimate of drug-likeness (QED) is 0.437. The third kappa shape index (κ3) is 5.17. The fourth-order valence-electron chi connectivity index (χ4n) is 4.02. The minimum absolute atomic E-state index is 0.218. The first-order chi connectivity index (χ1) is 17.7. The van der Waals surface area contributed by atoms with Gasteiger partial charge in [0, 0.05) is 24.0 Å². The summed E-state index contributed by atoms with van der Waals surface area (Å²) in [5, 5.41) is 7.08. The molecule has 1 N–H and O–H groups in total. The van der Waals surface area contributed by atoms with Gasteiger partial charge in [-0.05, 0) is 51.5 Å². The maximum Gasteiger partial charge on any atom is 0.411 e. The van der Waals surface area contributed by atoms with Crippen molar-refractivity contribution in [2.45, 2.75) is 39.3 Å². The van der Waals surface area contributed by atoms with Crippen molar-refractivity contribution in [1.29, 1.82) is 0 Å². The van der Waals surface area contributed by atoms with E-state index in [9.17, 15) is 9.59 Å². The lowest BCUT2D eigenvalue weighted by Crippen LogP contribution is -2.45. The van der Waals surface area contributed by atoms with Crippen molar-refractivity contribution >= 4 is 23.3 Å². The Hall–Kier alpha value is -4.25. The Bertz CT molecular complexity index is 1450. The summed E-state index contributed by atoms with van der Waals surface area (Å²) in [6.45, 7) is 8.30. The molecule has 1 fully saturated rings. The number of aryl methyl sites for hydroxylation is 1. The number of aromatic nitrogens is 4. The van der Waals surface area contributed by atoms with E-state index in [-0.39, 0.29) is 18.4 Å². The van der Waals surface area contributed by atoms with Gasteiger partial charge in [-0.25, -0.2) is 9.78 Å². The number of hydrogen-bond donors (Lipinski definition) is 1. The molecule has 1 aliphatic heterocycles. The van der Waals surface area contributed by atoms with Gasteiger partial charge >= 0.3 is 6.09 Å². The second-order valence-corrected chi connectivity index (χ2v) is 9.78. The van der Waals surface area contributed by atoms with Crippen molar-refractivity contribution in [2.75, 3.05) is 25.1 Å². The van der Waals surface area contributed by atoms with E-state index in [1.165, 1.54) is 6.20 Å². The molecule has 3 aromatic heterocycles. The van der Waals surface area contributed by atoms with Gasteiger partial charge in [0.25, 0.3) is 11.8 Å². The summed E-state index contributed by atoms with van der Waals surface area (Å²) in [6, 6.07) is 10.5. The number of imidazole rings is 1. The zero-order valence-electron chi connectivity index (χ0n) is 21.1. The van der Waals surface area contributed by atoms with Crippen molar-refractivity contribution in [3.8, 4) is 11.4 Å². The van der Waals surface area contributed by atoms with Crippen LogP contribution in [-0.2, 0) is 9.47 Å². The minimum atomic E-state index is -0.633. The van der Waals surface area contributed by atoms with E-state index in [2.05, 4.69) is 20.4 Å². The Balaban J connectivity index is 1.37. The maximum atomic E-state index is 13.0. The second-order valence-electron chi connectivity index (χ2n) is 9.78. The van der Waals surface area contributed by atoms with E-state index in [1.54, 1.807) is 21.6 Å². The standard InChI is InChI=1S/C26H28N6O5/c1-16-8-9-17(13-18(16)28-23(33)19-14-27-21-7-5-6-10-31(19)21)22-29-24(37-30-22)20-15-35-12-11-32(20)25(34)36-26(2,3)4/h5-10,13-14,20H,11-12,15H2,1-4H3,(H,28,33)/t20-/m1/s1. The normalized spacial score (nSPS) is 16.1. The number of fused-ring (bicyclic) bond motifs is 1. The summed E-state index contributed by atoms with van der Waals surface area (Å²) in [5.74, 6) is 0.285. The highest BCUT2D eigenvalue weighted by Crippen LogP contribution is 2.29. The Labute approximate surface area is 213 Å². The van der Waals surface area contributed by atoms with E-state index in [0.717, 1.165) is 5.56 Å². The van der Waals surface area contributed by atoms with Crippen molar-refractivity contribution in [3.63, 3.8) is 0 Å². The van der Waals surface area contributed by atoms with Gasteiger partial charge in [-0.2, -0.15) is 4.98 Å². The van der Waals surface area contributed by atoms with Crippen LogP contribution in [0, 0.1) is 6.92 Å². The van der Waals surface area contributed by atoms with Crippen LogP contribution in [0.15, 0.2) is 53.3 Å². The minimum Gasteiger partial charge on any atom is -0.444 e. The second kappa shape index (κ2) is 9.66. The molecule has 11 nitrogen and oxygen atoms in total. The Morgan fingerprint density at radius 2 is 2.03 bits per heavy atom. The highest BCUT2D eigenvalue weighted by molar-refractivity contribution is 6.04. The van der Waals surface area contributed by atoms with Crippen LogP contribution in [0.5, 0.6) is 0 Å². The molecule has 37 heavy (non-hydrogen) atoms. The molecule has 4 heterocycles. The van der Waals surface area contributed by atoms with Crippen molar-refractivity contribution in [2.24, 2.45) is 0 Å². The highest BCUT2D eigenvalue weighted by atomic mass is 16.6. The number of carbonyl (C=O) groups excluding carboxylic acids is 2. The van der Waals surface area contributed by atoms with Crippen LogP contribution < -0.4 is 5.32 Å². The summed E-state index contributed by atoms with van der Waals surface area (Å²) >= 11 is 0. The average molecular weight is 505 g/mol. The summed E-state index contributed by atoms with van der Waals surface area (Å²) in [5.41, 5.74) is 2.59. The summed E-state index contributed by atoms with van der Waals surface area (Å²) in [7, 11) is 0. The molecule has 0 aliphatic carbocycles. The molecule has 1 aliphatic rings. The molecule has 1 atom stereocenters. The number of ether oxygens (including phenoxy) is 2. The first-order valence-electron chi connectivity index (χ1n) is 11.9. The van der Waals surface area contributed by atoms with Gasteiger partial charge in [0.2, 0.25) is 5.82 Å². The fraction of sp³-hybridized carbons (Fsp3) is 0.346. The summed E-state index contributed by atoms with van der Waals surface area (Å²) in [6.07, 6.45) is 2.86. The van der Waals surface area contributed by atoms with Crippen LogP contribution in [-0.4, -0.2) is 61.8 Å². The molecule has 192 valence electrons. The van der Waals surface area contributed by atoms with E-state index in [1.807, 2.05) is 58.0 Å². The lowest BCUT2D eigenvalue weighted by molar-refractivity contribution is -0.0401. The number of rotatable bonds is 4. The predicted molar refractivity (Wildman–Crippen MR) is 134 cm³/mol. The molecule has 1 saturated heterocycles. The maximum absolute atomic E-state index is 13.0. The molecule has 0 saturated carbocycles. The third-order valence-corrected chi connectivity index (χ3v) is 5.88. The van der Waals surface area contributed by atoms with E-state index in [0.29, 0.717) is 41.6 Å². The molecule has 11 heteroatoms. The first-order valence-corrected chi connectivity index (χ1v) is 11.9. The molecular weight excluding hydrogens is 476 g/mol. The van der Waals surface area contributed by atoms with Gasteiger partial charge in [-0.3, -0.25) is 14.1 Å². The number of nitrogens with one attached hydrogen (secondary N) is 1. The Morgan fingerprint density at radius 3 is 2.84 bits per heavy atom. The van der Waals surface area contributed by atoms with Crippen LogP contribution in [0.25, 0.3) is 17.0 Å². The topological polar surface area (TPSA) is 124 Å². The number of morpholine rings is 1. The highest BCUT2D eigenvalue weighted by Gasteiger charge is 2.35. The summed E-state index contributed by atoms with van der Waals surface area (Å²) in [4.78, 5) is 36.1. The van der Waals surface area contributed by atoms with E-state index in [4.69, 9.17) is 14.0 Å². The van der Waals surface area contributed by atoms with Gasteiger partial charge < -0.3 is 19.3 Å². The van der Waals surface area contributed by atoms with Gasteiger partial charge in [-0.15, -0.1) is 0 Å². The third-order valence-electron chi connectivity index (χ3n) is 5.88. The van der Waals surface area contributed by atoms with Gasteiger partial charge in [0.1, 0.15) is 23.0 Å². The van der Waals surface area contributed by atoms with E-state index < -0.39 is 17.7 Å². The number of carbonyl (C=O) groups is 2. The van der Waals surface area contributed by atoms with Crippen molar-refractivity contribution < 1.29 is 23.6 Å². The van der Waals surface area contributed by atoms with E-state index >= 15 is 0 Å². The number of hydrogen-bond acceptors (Lipinski definition) is 8. The van der Waals surface area contributed by atoms with Crippen molar-refractivity contribution in [1.82, 2.24) is 24.4 Å². The SMILES string of the molecule is Cc1ccc(-c2noc([C@H]3COCCN3C(=O)OC(C)(C)C)n2)cc1NC(=O)c1cnc2ccccn12. The smallest absolute Gasteiger partial charge is 0.411 e. The van der Waals surface area contributed by atoms with Gasteiger partial charge in [0.15, 0.2) is 0 Å². The molecule has 1 aromatic carbocycles. The lowest BCUT2D eigenvalue weighted by atomic mass is 10.1. The van der Waals surface area contributed by atoms with Gasteiger partial charge in [-0.1, -0.05) is 23.4 Å². The lowest BCUT2D eigenvalue weighted by Gasteiger charge is -2.34. The van der Waals surface area contributed by atoms with Crippen molar-refractivity contribution in [3.05, 3.63) is 65.9 Å². The number of amides is 2. The Kier molecular flexibility index (Phi) is 6.38.